The maximum absolute atomic E-state index is 13.0. The Morgan fingerprint density at radius 2 is 1.50 bits per heavy atom. The lowest BCUT2D eigenvalue weighted by Crippen LogP contribution is -2.59. The van der Waals surface area contributed by atoms with Crippen LogP contribution in [-0.4, -0.2) is 41.1 Å². The maximum atomic E-state index is 13.0. The second kappa shape index (κ2) is 8.35. The highest BCUT2D eigenvalue weighted by Gasteiger charge is 2.83. The van der Waals surface area contributed by atoms with Crippen LogP contribution in [0.3, 0.4) is 0 Å². The van der Waals surface area contributed by atoms with E-state index in [0.29, 0.717) is 28.4 Å². The van der Waals surface area contributed by atoms with E-state index in [2.05, 4.69) is 34.6 Å². The van der Waals surface area contributed by atoms with E-state index in [-0.39, 0.29) is 46.3 Å². The van der Waals surface area contributed by atoms with Gasteiger partial charge in [-0.05, 0) is 112 Å². The molecule has 0 radical (unpaired) electrons. The van der Waals surface area contributed by atoms with Gasteiger partial charge in [-0.1, -0.05) is 27.7 Å². The molecular weight excluding hydrogens is 504 g/mol. The first kappa shape index (κ1) is 28.7. The summed E-state index contributed by atoms with van der Waals surface area (Å²) >= 11 is 0. The zero-order valence-corrected chi connectivity index (χ0v) is 26.4. The molecule has 6 fully saturated rings. The van der Waals surface area contributed by atoms with Gasteiger partial charge in [0, 0.05) is 31.6 Å². The summed E-state index contributed by atoms with van der Waals surface area (Å²) in [6, 6.07) is 0. The highest BCUT2D eigenvalue weighted by Crippen LogP contribution is 2.89. The molecule has 3 unspecified atom stereocenters. The van der Waals surface area contributed by atoms with E-state index in [1.165, 1.54) is 26.7 Å². The van der Waals surface area contributed by atoms with Crippen LogP contribution in [0.25, 0.3) is 0 Å². The number of ketones is 1. The molecule has 0 aromatic carbocycles. The summed E-state index contributed by atoms with van der Waals surface area (Å²) in [6.45, 7) is 18.5. The van der Waals surface area contributed by atoms with Gasteiger partial charge >= 0.3 is 11.9 Å². The molecule has 1 saturated heterocycles. The number of hydrogen-bond acceptors (Lipinski definition) is 6. The smallest absolute Gasteiger partial charge is 0.303 e. The van der Waals surface area contributed by atoms with Crippen LogP contribution >= 0.6 is 0 Å². The quantitative estimate of drug-likeness (QED) is 0.354. The van der Waals surface area contributed by atoms with Crippen LogP contribution in [0.5, 0.6) is 0 Å². The number of fused-ring (bicyclic) bond motifs is 2. The zero-order chi connectivity index (χ0) is 29.3. The van der Waals surface area contributed by atoms with Crippen molar-refractivity contribution < 1.29 is 28.6 Å². The van der Waals surface area contributed by atoms with Crippen molar-refractivity contribution in [2.45, 2.75) is 150 Å². The first-order chi connectivity index (χ1) is 18.4. The Morgan fingerprint density at radius 3 is 2.15 bits per heavy atom. The number of Topliss-reactive ketones (excluding diaryl/α,β-unsaturated/α-hetero) is 1. The molecule has 6 rings (SSSR count). The molecule has 2 spiro atoms. The molecule has 224 valence electrons. The van der Waals surface area contributed by atoms with Gasteiger partial charge in [0.1, 0.15) is 17.5 Å². The fourth-order valence-corrected chi connectivity index (χ4v) is 12.6. The van der Waals surface area contributed by atoms with Crippen LogP contribution in [-0.2, 0) is 28.6 Å². The van der Waals surface area contributed by atoms with Crippen molar-refractivity contribution in [3.8, 4) is 0 Å². The summed E-state index contributed by atoms with van der Waals surface area (Å²) in [7, 11) is 0. The van der Waals surface area contributed by atoms with Crippen LogP contribution in [0.1, 0.15) is 127 Å². The Labute approximate surface area is 241 Å². The Kier molecular flexibility index (Phi) is 5.99. The number of rotatable bonds is 4. The van der Waals surface area contributed by atoms with Crippen molar-refractivity contribution in [2.75, 3.05) is 0 Å². The summed E-state index contributed by atoms with van der Waals surface area (Å²) in [4.78, 5) is 37.4. The van der Waals surface area contributed by atoms with Gasteiger partial charge in [0.15, 0.2) is 0 Å². The van der Waals surface area contributed by atoms with Crippen molar-refractivity contribution in [2.24, 2.45) is 44.8 Å². The summed E-state index contributed by atoms with van der Waals surface area (Å²) in [5.41, 5.74) is -0.821. The maximum Gasteiger partial charge on any atom is 0.303 e. The highest BCUT2D eigenvalue weighted by atomic mass is 16.6. The molecule has 6 nitrogen and oxygen atoms in total. The van der Waals surface area contributed by atoms with Crippen molar-refractivity contribution in [3.05, 3.63) is 0 Å². The topological polar surface area (TPSA) is 78.9 Å². The molecule has 6 aliphatic rings. The van der Waals surface area contributed by atoms with Crippen molar-refractivity contribution in [1.29, 1.82) is 0 Å². The summed E-state index contributed by atoms with van der Waals surface area (Å²) in [5, 5.41) is 0. The first-order valence-electron chi connectivity index (χ1n) is 16.0. The van der Waals surface area contributed by atoms with Crippen LogP contribution in [0.4, 0.5) is 0 Å². The van der Waals surface area contributed by atoms with Crippen molar-refractivity contribution >= 4 is 17.7 Å². The van der Waals surface area contributed by atoms with Crippen LogP contribution in [0.2, 0.25) is 0 Å². The predicted molar refractivity (Wildman–Crippen MR) is 151 cm³/mol. The fraction of sp³-hybridized carbons (Fsp3) is 0.912. The molecule has 10 atom stereocenters. The molecule has 0 aromatic heterocycles. The van der Waals surface area contributed by atoms with Gasteiger partial charge in [0.25, 0.3) is 0 Å². The van der Waals surface area contributed by atoms with E-state index in [0.717, 1.165) is 51.4 Å². The van der Waals surface area contributed by atoms with Gasteiger partial charge in [-0.15, -0.1) is 0 Å². The van der Waals surface area contributed by atoms with Gasteiger partial charge < -0.3 is 14.2 Å². The Balaban J connectivity index is 1.35. The van der Waals surface area contributed by atoms with Crippen molar-refractivity contribution in [3.63, 3.8) is 0 Å². The molecule has 5 aliphatic carbocycles. The number of hydrogen-bond donors (Lipinski definition) is 0. The Morgan fingerprint density at radius 1 is 0.850 bits per heavy atom. The third-order valence-electron chi connectivity index (χ3n) is 14.3. The lowest BCUT2D eigenvalue weighted by atomic mass is 9.41. The minimum atomic E-state index is -0.718. The van der Waals surface area contributed by atoms with E-state index in [1.807, 2.05) is 13.8 Å². The van der Waals surface area contributed by atoms with Gasteiger partial charge in [0.2, 0.25) is 0 Å². The fourth-order valence-electron chi connectivity index (χ4n) is 12.6. The van der Waals surface area contributed by atoms with Crippen LogP contribution in [0, 0.1) is 44.8 Å². The molecule has 0 aromatic rings. The van der Waals surface area contributed by atoms with Gasteiger partial charge in [-0.25, -0.2) is 0 Å². The highest BCUT2D eigenvalue weighted by molar-refractivity contribution is 5.86. The summed E-state index contributed by atoms with van der Waals surface area (Å²) in [6.07, 6.45) is 9.81. The average molecular weight is 557 g/mol. The summed E-state index contributed by atoms with van der Waals surface area (Å²) in [5.74, 6) is 1.09. The number of carbonyl (C=O) groups is 3. The Hall–Kier alpha value is -1.43. The van der Waals surface area contributed by atoms with Crippen LogP contribution < -0.4 is 0 Å². The molecule has 0 N–H and O–H groups in total. The normalized spacial score (nSPS) is 50.7. The molecule has 6 heteroatoms. The minimum Gasteiger partial charge on any atom is -0.462 e. The zero-order valence-electron chi connectivity index (χ0n) is 26.4. The van der Waals surface area contributed by atoms with Crippen molar-refractivity contribution in [1.82, 2.24) is 0 Å². The van der Waals surface area contributed by atoms with E-state index in [4.69, 9.17) is 14.2 Å². The summed E-state index contributed by atoms with van der Waals surface area (Å²) < 4.78 is 18.9. The number of ether oxygens (including phenoxy) is 3. The standard InChI is InChI=1S/C34H52O6/c1-20(35)38-22-18-31(8)24-11-10-23-28(3,4)25(37)12-15-33(23)19-34(24,33)17-16-30(31,7)27(22)32(9)14-13-26(40-32)29(5,6)39-21(2)36/h22-24,26-27H,10-19H2,1-9H3/t22-,23?,24?,26+,27?,30+,31-,32-,33+,34-/m0/s1. The monoisotopic (exact) mass is 556 g/mol. The van der Waals surface area contributed by atoms with Gasteiger partial charge in [-0.3, -0.25) is 14.4 Å². The molecule has 5 saturated carbocycles. The predicted octanol–water partition coefficient (Wildman–Crippen LogP) is 6.82. The van der Waals surface area contributed by atoms with Gasteiger partial charge in [0.05, 0.1) is 11.7 Å². The SMILES string of the molecule is CC(=O)O[C@H]1C[C@@]2(C)C3CCC4C(C)(C)C(=O)CC[C@@]45C[C@@]35CC[C@]2(C)C1[C@]1(C)CC[C@H](C(C)(C)OC(C)=O)O1. The number of carbonyl (C=O) groups excluding carboxylic acids is 3. The molecule has 40 heavy (non-hydrogen) atoms. The van der Waals surface area contributed by atoms with Crippen LogP contribution in [0.15, 0.2) is 0 Å². The van der Waals surface area contributed by atoms with E-state index in [1.54, 1.807) is 0 Å². The van der Waals surface area contributed by atoms with E-state index in [9.17, 15) is 14.4 Å². The molecule has 0 bridgehead atoms. The first-order valence-corrected chi connectivity index (χ1v) is 16.0. The lowest BCUT2D eigenvalue weighted by Gasteiger charge is -2.63. The molecule has 1 aliphatic heterocycles. The third-order valence-corrected chi connectivity index (χ3v) is 14.3. The lowest BCUT2D eigenvalue weighted by molar-refractivity contribution is -0.204. The largest absolute Gasteiger partial charge is 0.462 e. The molecular formula is C34H52O6. The number of esters is 2. The second-order valence-corrected chi connectivity index (χ2v) is 16.6. The Bertz CT molecular complexity index is 1140. The minimum absolute atomic E-state index is 0.0198. The van der Waals surface area contributed by atoms with E-state index < -0.39 is 11.2 Å². The average Bonchev–Trinajstić information content (AvgIpc) is 3.20. The van der Waals surface area contributed by atoms with Gasteiger partial charge in [-0.2, -0.15) is 0 Å². The second-order valence-electron chi connectivity index (χ2n) is 16.6. The third kappa shape index (κ3) is 3.46. The van der Waals surface area contributed by atoms with E-state index >= 15 is 0 Å². The molecule has 1 heterocycles. The molecule has 0 amide bonds.